The van der Waals surface area contributed by atoms with Gasteiger partial charge in [-0.05, 0) is 24.5 Å². The minimum Gasteiger partial charge on any atom is -0.485 e. The van der Waals surface area contributed by atoms with E-state index in [9.17, 15) is 4.79 Å². The highest BCUT2D eigenvalue weighted by Crippen LogP contribution is 2.27. The van der Waals surface area contributed by atoms with Crippen molar-refractivity contribution in [1.82, 2.24) is 10.1 Å². The molecule has 0 spiro atoms. The number of fused-ring (bicyclic) bond motifs is 1. The van der Waals surface area contributed by atoms with Gasteiger partial charge in [0, 0.05) is 24.6 Å². The standard InChI is InChI=1S/C15H17N3O3/c1-2-3-15-17-13(18-21-15)9-20-11-6-4-10-5-7-14(19)16-12(10)8-11/h4,6,8H,2-3,5,7,9H2,1H3,(H,16,19). The molecule has 6 heteroatoms. The van der Waals surface area contributed by atoms with Crippen LogP contribution in [-0.2, 0) is 24.2 Å². The summed E-state index contributed by atoms with van der Waals surface area (Å²) in [4.78, 5) is 15.6. The third-order valence-electron chi connectivity index (χ3n) is 3.32. The second kappa shape index (κ2) is 5.95. The molecule has 1 aliphatic rings. The zero-order valence-electron chi connectivity index (χ0n) is 11.9. The van der Waals surface area contributed by atoms with Gasteiger partial charge in [-0.3, -0.25) is 4.79 Å². The number of carbonyl (C=O) groups is 1. The molecule has 110 valence electrons. The van der Waals surface area contributed by atoms with E-state index in [0.717, 1.165) is 30.5 Å². The van der Waals surface area contributed by atoms with Gasteiger partial charge in [-0.1, -0.05) is 18.1 Å². The predicted molar refractivity (Wildman–Crippen MR) is 76.0 cm³/mol. The van der Waals surface area contributed by atoms with Gasteiger partial charge in [-0.25, -0.2) is 0 Å². The van der Waals surface area contributed by atoms with Crippen molar-refractivity contribution >= 4 is 11.6 Å². The van der Waals surface area contributed by atoms with Crippen LogP contribution in [0.5, 0.6) is 5.75 Å². The molecule has 2 heterocycles. The third-order valence-corrected chi connectivity index (χ3v) is 3.32. The topological polar surface area (TPSA) is 77.2 Å². The van der Waals surface area contributed by atoms with E-state index < -0.39 is 0 Å². The Labute approximate surface area is 122 Å². The number of aromatic nitrogens is 2. The molecule has 1 amide bonds. The summed E-state index contributed by atoms with van der Waals surface area (Å²) in [6.45, 7) is 2.31. The smallest absolute Gasteiger partial charge is 0.226 e. The van der Waals surface area contributed by atoms with Gasteiger partial charge >= 0.3 is 0 Å². The quantitative estimate of drug-likeness (QED) is 0.914. The molecule has 0 atom stereocenters. The third kappa shape index (κ3) is 3.21. The number of anilines is 1. The fraction of sp³-hybridized carbons (Fsp3) is 0.400. The first-order valence-electron chi connectivity index (χ1n) is 7.11. The van der Waals surface area contributed by atoms with Crippen molar-refractivity contribution in [3.05, 3.63) is 35.5 Å². The van der Waals surface area contributed by atoms with Crippen LogP contribution >= 0.6 is 0 Å². The first-order chi connectivity index (χ1) is 10.2. The van der Waals surface area contributed by atoms with Gasteiger partial charge in [0.2, 0.25) is 17.6 Å². The normalized spacial score (nSPS) is 13.7. The number of hydrogen-bond acceptors (Lipinski definition) is 5. The number of hydrogen-bond donors (Lipinski definition) is 1. The summed E-state index contributed by atoms with van der Waals surface area (Å²) in [6, 6.07) is 5.70. The van der Waals surface area contributed by atoms with Crippen molar-refractivity contribution in [2.45, 2.75) is 39.2 Å². The summed E-state index contributed by atoms with van der Waals surface area (Å²) in [7, 11) is 0. The molecule has 0 saturated carbocycles. The van der Waals surface area contributed by atoms with Crippen molar-refractivity contribution in [2.75, 3.05) is 5.32 Å². The molecule has 0 fully saturated rings. The van der Waals surface area contributed by atoms with E-state index in [1.807, 2.05) is 18.2 Å². The molecule has 1 aromatic heterocycles. The Hall–Kier alpha value is -2.37. The number of nitrogens with zero attached hydrogens (tertiary/aromatic N) is 2. The zero-order valence-corrected chi connectivity index (χ0v) is 11.9. The molecule has 0 unspecified atom stereocenters. The van der Waals surface area contributed by atoms with E-state index in [1.54, 1.807) is 0 Å². The van der Waals surface area contributed by atoms with Gasteiger partial charge in [0.25, 0.3) is 0 Å². The molecule has 1 N–H and O–H groups in total. The van der Waals surface area contributed by atoms with Gasteiger partial charge in [0.15, 0.2) is 6.61 Å². The lowest BCUT2D eigenvalue weighted by Crippen LogP contribution is -2.18. The number of amides is 1. The maximum atomic E-state index is 11.4. The highest BCUT2D eigenvalue weighted by atomic mass is 16.5. The second-order valence-corrected chi connectivity index (χ2v) is 5.01. The average Bonchev–Trinajstić information content (AvgIpc) is 2.93. The minimum atomic E-state index is 0.0435. The molecule has 21 heavy (non-hydrogen) atoms. The van der Waals surface area contributed by atoms with Crippen molar-refractivity contribution in [2.24, 2.45) is 0 Å². The molecule has 0 bridgehead atoms. The van der Waals surface area contributed by atoms with E-state index in [4.69, 9.17) is 9.26 Å². The van der Waals surface area contributed by atoms with Crippen LogP contribution in [0.2, 0.25) is 0 Å². The van der Waals surface area contributed by atoms with Crippen LogP contribution < -0.4 is 10.1 Å². The Morgan fingerprint density at radius 1 is 1.38 bits per heavy atom. The van der Waals surface area contributed by atoms with Gasteiger partial charge in [0.1, 0.15) is 5.75 Å². The number of carbonyl (C=O) groups excluding carboxylic acids is 1. The summed E-state index contributed by atoms with van der Waals surface area (Å²) in [5.41, 5.74) is 1.95. The monoisotopic (exact) mass is 287 g/mol. The average molecular weight is 287 g/mol. The lowest BCUT2D eigenvalue weighted by atomic mass is 10.0. The summed E-state index contributed by atoms with van der Waals surface area (Å²) >= 11 is 0. The van der Waals surface area contributed by atoms with Crippen LogP contribution in [0.4, 0.5) is 5.69 Å². The Bertz CT molecular complexity index is 651. The molecule has 0 saturated heterocycles. The first-order valence-corrected chi connectivity index (χ1v) is 7.11. The van der Waals surface area contributed by atoms with Crippen LogP contribution in [0.3, 0.4) is 0 Å². The van der Waals surface area contributed by atoms with Gasteiger partial charge in [-0.2, -0.15) is 4.98 Å². The van der Waals surface area contributed by atoms with Crippen LogP contribution in [0, 0.1) is 0 Å². The molecule has 0 aliphatic carbocycles. The highest BCUT2D eigenvalue weighted by Gasteiger charge is 2.15. The van der Waals surface area contributed by atoms with Crippen LogP contribution in [0.25, 0.3) is 0 Å². The van der Waals surface area contributed by atoms with Gasteiger partial charge < -0.3 is 14.6 Å². The number of ether oxygens (including phenoxy) is 1. The minimum absolute atomic E-state index is 0.0435. The molecular formula is C15H17N3O3. The first kappa shape index (κ1) is 13.6. The van der Waals surface area contributed by atoms with Crippen LogP contribution in [0.15, 0.2) is 22.7 Å². The molecule has 0 radical (unpaired) electrons. The predicted octanol–water partition coefficient (Wildman–Crippen LogP) is 2.49. The zero-order chi connectivity index (χ0) is 14.7. The summed E-state index contributed by atoms with van der Waals surface area (Å²) in [5.74, 6) is 1.88. The Morgan fingerprint density at radius 2 is 2.29 bits per heavy atom. The molecule has 1 aliphatic heterocycles. The molecule has 2 aromatic rings. The molecule has 1 aromatic carbocycles. The van der Waals surface area contributed by atoms with Crippen LogP contribution in [-0.4, -0.2) is 16.0 Å². The molecular weight excluding hydrogens is 270 g/mol. The maximum absolute atomic E-state index is 11.4. The largest absolute Gasteiger partial charge is 0.485 e. The lowest BCUT2D eigenvalue weighted by molar-refractivity contribution is -0.116. The Kier molecular flexibility index (Phi) is 3.85. The highest BCUT2D eigenvalue weighted by molar-refractivity contribution is 5.94. The van der Waals surface area contributed by atoms with Gasteiger partial charge in [0.05, 0.1) is 0 Å². The lowest BCUT2D eigenvalue weighted by Gasteiger charge is -2.17. The molecule has 3 rings (SSSR count). The van der Waals surface area contributed by atoms with Crippen molar-refractivity contribution in [3.8, 4) is 5.75 Å². The number of rotatable bonds is 5. The second-order valence-electron chi connectivity index (χ2n) is 5.01. The number of nitrogens with one attached hydrogen (secondary N) is 1. The SMILES string of the molecule is CCCc1nc(COc2ccc3c(c2)NC(=O)CC3)no1. The Morgan fingerprint density at radius 3 is 3.14 bits per heavy atom. The number of benzene rings is 1. The summed E-state index contributed by atoms with van der Waals surface area (Å²) in [5, 5.41) is 6.72. The van der Waals surface area contributed by atoms with E-state index in [0.29, 0.717) is 23.9 Å². The van der Waals surface area contributed by atoms with Crippen molar-refractivity contribution < 1.29 is 14.1 Å². The van der Waals surface area contributed by atoms with Crippen LogP contribution in [0.1, 0.15) is 37.0 Å². The van der Waals surface area contributed by atoms with E-state index in [2.05, 4.69) is 22.4 Å². The summed E-state index contributed by atoms with van der Waals surface area (Å²) < 4.78 is 10.7. The fourth-order valence-electron chi connectivity index (χ4n) is 2.25. The van der Waals surface area contributed by atoms with E-state index in [-0.39, 0.29) is 12.5 Å². The van der Waals surface area contributed by atoms with Crippen molar-refractivity contribution in [3.63, 3.8) is 0 Å². The van der Waals surface area contributed by atoms with Crippen molar-refractivity contribution in [1.29, 1.82) is 0 Å². The Balaban J connectivity index is 1.65. The maximum Gasteiger partial charge on any atom is 0.226 e. The van der Waals surface area contributed by atoms with E-state index in [1.165, 1.54) is 0 Å². The molecule has 6 nitrogen and oxygen atoms in total. The van der Waals surface area contributed by atoms with E-state index >= 15 is 0 Å². The van der Waals surface area contributed by atoms with Gasteiger partial charge in [-0.15, -0.1) is 0 Å². The number of aryl methyl sites for hydroxylation is 2. The fourth-order valence-corrected chi connectivity index (χ4v) is 2.25. The summed E-state index contributed by atoms with van der Waals surface area (Å²) in [6.07, 6.45) is 3.05.